The smallest absolute Gasteiger partial charge is 0.317 e. The largest absolute Gasteiger partial charge is 0.432 e. The van der Waals surface area contributed by atoms with E-state index in [2.05, 4.69) is 51.3 Å². The van der Waals surface area contributed by atoms with Gasteiger partial charge in [-0.2, -0.15) is 0 Å². The van der Waals surface area contributed by atoms with Crippen LogP contribution in [0, 0.1) is 62.1 Å². The summed E-state index contributed by atoms with van der Waals surface area (Å²) < 4.78 is 48.1. The number of nitrogens with one attached hydrogen (secondary N) is 2. The first-order chi connectivity index (χ1) is 45.9. The summed E-state index contributed by atoms with van der Waals surface area (Å²) in [7, 11) is 0. The second-order valence-corrected chi connectivity index (χ2v) is 32.4. The summed E-state index contributed by atoms with van der Waals surface area (Å²) in [6.45, 7) is 19.7. The second kappa shape index (κ2) is 31.0. The highest BCUT2D eigenvalue weighted by Gasteiger charge is 2.72. The number of rotatable bonds is 25. The number of aliphatic hydroxyl groups is 14. The third kappa shape index (κ3) is 14.9. The molecule has 28 nitrogen and oxygen atoms in total. The molecule has 98 heavy (non-hydrogen) atoms. The molecule has 0 spiro atoms. The monoisotopic (exact) mass is 1400 g/mol. The number of ether oxygens (including phenoxy) is 8. The fraction of sp³-hybridized carbons (Fsp3) is 0.914. The van der Waals surface area contributed by atoms with Crippen LogP contribution in [0.3, 0.4) is 0 Å². The minimum Gasteiger partial charge on any atom is -0.432 e. The van der Waals surface area contributed by atoms with E-state index in [1.165, 1.54) is 6.92 Å². The van der Waals surface area contributed by atoms with Crippen molar-refractivity contribution in [2.75, 3.05) is 19.8 Å². The van der Waals surface area contributed by atoms with E-state index in [1.807, 2.05) is 34.6 Å². The van der Waals surface area contributed by atoms with Crippen molar-refractivity contribution in [3.63, 3.8) is 0 Å². The van der Waals surface area contributed by atoms with Gasteiger partial charge in [0.05, 0.1) is 80.7 Å². The van der Waals surface area contributed by atoms with E-state index < -0.39 is 225 Å². The summed E-state index contributed by atoms with van der Waals surface area (Å²) in [5.41, 5.74) is -3.33. The van der Waals surface area contributed by atoms with Crippen LogP contribution in [-0.2, 0) is 57.1 Å². The van der Waals surface area contributed by atoms with Crippen LogP contribution < -0.4 is 10.6 Å². The number of hydrogen-bond acceptors (Lipinski definition) is 26. The third-order valence-electron chi connectivity index (χ3n) is 25.9. The Morgan fingerprint density at radius 2 is 1.29 bits per heavy atom. The van der Waals surface area contributed by atoms with Crippen molar-refractivity contribution in [3.8, 4) is 0 Å². The number of esters is 1. The van der Waals surface area contributed by atoms with Crippen molar-refractivity contribution in [1.29, 1.82) is 0 Å². The van der Waals surface area contributed by atoms with E-state index >= 15 is 4.79 Å². The van der Waals surface area contributed by atoms with Gasteiger partial charge >= 0.3 is 5.97 Å². The van der Waals surface area contributed by atoms with E-state index in [9.17, 15) is 85.9 Å². The standard InChI is InChI=1S/C70H116N2O26/c1-12-32(3)39(71-48(81)25-36(77)23-41(33(4)13-2)93-62-56(88)52(84)43(29-74)95-62)22-35(76)24-49(82)72-50-42(28-73)94-63(59(53(50)85)97-61-57(89)54(86)58(34(5)92-61)96-60-55(87)51(83)40(78)30-91-60)98-64(90)70-21-20-65(6,7)26-38(70)37-14-15-45-66(8)18-17-46(79)67(9,31-75)44(66)16-19-68(45,10)69(37,11)27-47(70)80/h14,31-36,38-47,50-63,73-74,76-80,83-89H,12-13,15-30H2,1-11H3,(H,71,81)(H,72,82)/t32-,33-,34+,35-,36-,38?,39-,40+,41-,42?,43-,44+,45?,46-,47?,50-,51?,52?,53?,54?,55?,56?,57?,58-,59?,60-,61-,62+,63-,66?,67+,68-,69+,70+/m0/s1. The highest BCUT2D eigenvalue weighted by Crippen LogP contribution is 2.76. The quantitative estimate of drug-likeness (QED) is 0.0319. The van der Waals surface area contributed by atoms with Crippen LogP contribution in [0.5, 0.6) is 0 Å². The first-order valence-electron chi connectivity index (χ1n) is 35.8. The van der Waals surface area contributed by atoms with E-state index in [1.54, 1.807) is 0 Å². The maximum atomic E-state index is 15.9. The molecule has 0 aromatic rings. The van der Waals surface area contributed by atoms with Crippen molar-refractivity contribution in [1.82, 2.24) is 10.6 Å². The highest BCUT2D eigenvalue weighted by atomic mass is 16.8. The zero-order valence-electron chi connectivity index (χ0n) is 58.8. The summed E-state index contributed by atoms with van der Waals surface area (Å²) >= 11 is 0. The lowest BCUT2D eigenvalue weighted by Crippen LogP contribution is -2.69. The average Bonchev–Trinajstić information content (AvgIpc) is 0.746. The van der Waals surface area contributed by atoms with Crippen LogP contribution in [0.25, 0.3) is 0 Å². The van der Waals surface area contributed by atoms with Gasteiger partial charge in [-0.1, -0.05) is 93.7 Å². The number of fused-ring (bicyclic) bond motifs is 7. The fourth-order valence-electron chi connectivity index (χ4n) is 19.0. The zero-order valence-corrected chi connectivity index (χ0v) is 58.8. The Morgan fingerprint density at radius 3 is 1.93 bits per heavy atom. The lowest BCUT2D eigenvalue weighted by atomic mass is 9.33. The molecule has 34 atom stereocenters. The lowest BCUT2D eigenvalue weighted by Gasteiger charge is -2.71. The summed E-state index contributed by atoms with van der Waals surface area (Å²) in [6, 6.07) is -2.37. The first kappa shape index (κ1) is 79.1. The molecular weight excluding hydrogens is 1280 g/mol. The Balaban J connectivity index is 0.942. The number of allylic oxidation sites excluding steroid dienone is 2. The molecule has 4 heterocycles. The number of hydrogen-bond donors (Lipinski definition) is 16. The van der Waals surface area contributed by atoms with Gasteiger partial charge in [-0.15, -0.1) is 0 Å². The molecule has 28 heteroatoms. The van der Waals surface area contributed by atoms with Gasteiger partial charge in [-0.25, -0.2) is 0 Å². The number of carbonyl (C=O) groups is 4. The minimum atomic E-state index is -2.05. The number of aliphatic hydroxyl groups excluding tert-OH is 14. The third-order valence-corrected chi connectivity index (χ3v) is 25.9. The van der Waals surface area contributed by atoms with Crippen LogP contribution in [0.2, 0.25) is 0 Å². The second-order valence-electron chi connectivity index (χ2n) is 32.4. The van der Waals surface area contributed by atoms with Crippen molar-refractivity contribution in [3.05, 3.63) is 11.6 Å². The average molecular weight is 1400 g/mol. The molecule has 0 aromatic carbocycles. The Hall–Kier alpha value is -3.02. The molecule has 5 aliphatic carbocycles. The van der Waals surface area contributed by atoms with Crippen molar-refractivity contribution in [2.45, 2.75) is 320 Å². The maximum Gasteiger partial charge on any atom is 0.317 e. The summed E-state index contributed by atoms with van der Waals surface area (Å²) in [5.74, 6) is -3.49. The van der Waals surface area contributed by atoms with Crippen LogP contribution in [0.1, 0.15) is 172 Å². The molecule has 0 aromatic heterocycles. The van der Waals surface area contributed by atoms with Crippen molar-refractivity contribution in [2.24, 2.45) is 62.1 Å². The van der Waals surface area contributed by atoms with Gasteiger partial charge in [0.2, 0.25) is 18.1 Å². The zero-order chi connectivity index (χ0) is 72.3. The van der Waals surface area contributed by atoms with Crippen LogP contribution >= 0.6 is 0 Å². The molecule has 8 fully saturated rings. The highest BCUT2D eigenvalue weighted by molar-refractivity contribution is 5.80. The normalized spacial score (nSPS) is 46.5. The molecule has 0 radical (unpaired) electrons. The van der Waals surface area contributed by atoms with Gasteiger partial charge in [0.15, 0.2) is 25.0 Å². The van der Waals surface area contributed by atoms with Crippen LogP contribution in [-0.4, -0.2) is 262 Å². The van der Waals surface area contributed by atoms with E-state index in [4.69, 9.17) is 37.9 Å². The SMILES string of the molecule is CC[C@H](C)[C@H](C[C@H](O)CC(=O)N[C@H]1C(CO)O[C@@H](OC(=O)[C@]23CCC(C)(C)CC2C2=CCC4C5(C)CC[C@H](O)[C@](C)(C=O)[C@@H]5CC[C@]4(C)[C@]2(C)CC3O)C(O[C@@H]2O[C@H](C)[C@H](O[C@@H]3OC[C@@H](O)C(O)C3O)C(O)C2O)C1O)NC(=O)C[C@@H](O)C[C@H](O[C@@H]1O[C@@H](CO)C(O)C1O)[C@@H](C)CC. The molecule has 9 rings (SSSR count). The number of aldehydes is 1. The molecule has 9 aliphatic rings. The molecule has 4 saturated carbocycles. The van der Waals surface area contributed by atoms with E-state index in [0.29, 0.717) is 57.8 Å². The van der Waals surface area contributed by atoms with Crippen LogP contribution in [0.15, 0.2) is 11.6 Å². The number of carbonyl (C=O) groups excluding carboxylic acids is 4. The van der Waals surface area contributed by atoms with Gasteiger partial charge in [0.25, 0.3) is 0 Å². The van der Waals surface area contributed by atoms with Gasteiger partial charge in [-0.3, -0.25) is 14.4 Å². The first-order valence-corrected chi connectivity index (χ1v) is 35.8. The molecule has 13 unspecified atom stereocenters. The van der Waals surface area contributed by atoms with E-state index in [-0.39, 0.29) is 60.2 Å². The van der Waals surface area contributed by atoms with Gasteiger partial charge < -0.3 is 125 Å². The Labute approximate surface area is 574 Å². The van der Waals surface area contributed by atoms with Crippen molar-refractivity contribution < 1.29 is 129 Å². The van der Waals surface area contributed by atoms with Gasteiger partial charge in [0, 0.05) is 12.5 Å². The summed E-state index contributed by atoms with van der Waals surface area (Å²) in [6.07, 6.45) is -26.0. The summed E-state index contributed by atoms with van der Waals surface area (Å²) in [5, 5.41) is 162. The van der Waals surface area contributed by atoms with Gasteiger partial charge in [0.1, 0.15) is 78.8 Å². The van der Waals surface area contributed by atoms with E-state index in [0.717, 1.165) is 11.9 Å². The lowest BCUT2D eigenvalue weighted by molar-refractivity contribution is -0.370. The molecule has 16 N–H and O–H groups in total. The summed E-state index contributed by atoms with van der Waals surface area (Å²) in [4.78, 5) is 56.7. The predicted octanol–water partition coefficient (Wildman–Crippen LogP) is -0.236. The Morgan fingerprint density at radius 1 is 0.663 bits per heavy atom. The minimum absolute atomic E-state index is 0.0495. The van der Waals surface area contributed by atoms with Gasteiger partial charge in [-0.05, 0) is 122 Å². The molecule has 2 amide bonds. The predicted molar refractivity (Wildman–Crippen MR) is 344 cm³/mol. The fourth-order valence-corrected chi connectivity index (χ4v) is 19.0. The molecule has 562 valence electrons. The Kier molecular flexibility index (Phi) is 25.0. The topological polar surface area (TPSA) is 449 Å². The Bertz CT molecular complexity index is 2770. The van der Waals surface area contributed by atoms with Crippen molar-refractivity contribution >= 4 is 24.1 Å². The van der Waals surface area contributed by atoms with Crippen LogP contribution in [0.4, 0.5) is 0 Å². The molecule has 4 saturated heterocycles. The molecule has 4 aliphatic heterocycles. The molecule has 0 bridgehead atoms. The maximum absolute atomic E-state index is 15.9. The number of amides is 2. The molecular formula is C70H116N2O26.